The first-order valence-electron chi connectivity index (χ1n) is 6.02. The molecule has 2 unspecified atom stereocenters. The molecular formula is C12H24N2O. The molecule has 0 aliphatic carbocycles. The number of amides is 1. The van der Waals surface area contributed by atoms with Crippen molar-refractivity contribution in [1.29, 1.82) is 0 Å². The van der Waals surface area contributed by atoms with Crippen LogP contribution in [0, 0.1) is 11.8 Å². The van der Waals surface area contributed by atoms with Gasteiger partial charge in [0.2, 0.25) is 5.91 Å². The zero-order valence-electron chi connectivity index (χ0n) is 10.4. The zero-order valence-corrected chi connectivity index (χ0v) is 10.4. The van der Waals surface area contributed by atoms with E-state index < -0.39 is 0 Å². The molecule has 1 fully saturated rings. The minimum absolute atomic E-state index is 0.0182. The fraction of sp³-hybridized carbons (Fsp3) is 0.917. The molecular weight excluding hydrogens is 188 g/mol. The molecule has 0 aromatic rings. The lowest BCUT2D eigenvalue weighted by Crippen LogP contribution is -2.50. The fourth-order valence-corrected chi connectivity index (χ4v) is 2.33. The zero-order chi connectivity index (χ0) is 11.4. The Hall–Kier alpha value is -0.570. The second-order valence-corrected chi connectivity index (χ2v) is 5.04. The molecule has 0 aromatic heterocycles. The van der Waals surface area contributed by atoms with Crippen LogP contribution in [0.4, 0.5) is 0 Å². The predicted molar refractivity (Wildman–Crippen MR) is 62.7 cm³/mol. The van der Waals surface area contributed by atoms with Crippen molar-refractivity contribution in [2.75, 3.05) is 20.1 Å². The molecule has 0 bridgehead atoms. The van der Waals surface area contributed by atoms with E-state index in [1.54, 1.807) is 0 Å². The molecule has 1 saturated heterocycles. The number of hydrogen-bond acceptors (Lipinski definition) is 2. The van der Waals surface area contributed by atoms with Gasteiger partial charge in [-0.3, -0.25) is 4.79 Å². The smallest absolute Gasteiger partial charge is 0.239 e. The third-order valence-electron chi connectivity index (χ3n) is 3.21. The van der Waals surface area contributed by atoms with Gasteiger partial charge in [-0.25, -0.2) is 0 Å². The molecule has 1 amide bonds. The average Bonchev–Trinajstić information content (AvgIpc) is 2.18. The van der Waals surface area contributed by atoms with Crippen molar-refractivity contribution in [2.45, 2.75) is 39.7 Å². The van der Waals surface area contributed by atoms with Crippen LogP contribution in [0.3, 0.4) is 0 Å². The maximum Gasteiger partial charge on any atom is 0.239 e. The Morgan fingerprint density at radius 2 is 2.13 bits per heavy atom. The Balaban J connectivity index is 2.57. The first kappa shape index (κ1) is 12.5. The standard InChI is InChI=1S/C12H24N2O/c1-9(2)11(13-4)12(15)14-7-5-6-10(3)8-14/h9-11,13H,5-8H2,1-4H3. The lowest BCUT2D eigenvalue weighted by atomic mass is 9.97. The molecule has 88 valence electrons. The van der Waals surface area contributed by atoms with E-state index in [9.17, 15) is 4.79 Å². The van der Waals surface area contributed by atoms with Gasteiger partial charge in [0.05, 0.1) is 6.04 Å². The Morgan fingerprint density at radius 1 is 1.47 bits per heavy atom. The number of piperidine rings is 1. The SMILES string of the molecule is CNC(C(=O)N1CCCC(C)C1)C(C)C. The van der Waals surface area contributed by atoms with Gasteiger partial charge in [-0.2, -0.15) is 0 Å². The van der Waals surface area contributed by atoms with E-state index >= 15 is 0 Å². The summed E-state index contributed by atoms with van der Waals surface area (Å²) in [6.07, 6.45) is 2.41. The van der Waals surface area contributed by atoms with Crippen LogP contribution < -0.4 is 5.32 Å². The Labute approximate surface area is 93.2 Å². The first-order valence-corrected chi connectivity index (χ1v) is 6.02. The van der Waals surface area contributed by atoms with Crippen molar-refractivity contribution in [3.63, 3.8) is 0 Å². The van der Waals surface area contributed by atoms with Crippen LogP contribution in [0.15, 0.2) is 0 Å². The molecule has 0 saturated carbocycles. The van der Waals surface area contributed by atoms with E-state index in [0.29, 0.717) is 11.8 Å². The average molecular weight is 212 g/mol. The minimum atomic E-state index is -0.0182. The summed E-state index contributed by atoms with van der Waals surface area (Å²) in [6, 6.07) is -0.0182. The highest BCUT2D eigenvalue weighted by Crippen LogP contribution is 2.17. The number of carbonyl (C=O) groups excluding carboxylic acids is 1. The predicted octanol–water partition coefficient (Wildman–Crippen LogP) is 1.49. The normalized spacial score (nSPS) is 24.3. The summed E-state index contributed by atoms with van der Waals surface area (Å²) in [6.45, 7) is 8.28. The summed E-state index contributed by atoms with van der Waals surface area (Å²) in [5, 5.41) is 3.12. The molecule has 0 spiro atoms. The largest absolute Gasteiger partial charge is 0.341 e. The van der Waals surface area contributed by atoms with Crippen LogP contribution in [-0.2, 0) is 4.79 Å². The summed E-state index contributed by atoms with van der Waals surface area (Å²) < 4.78 is 0. The van der Waals surface area contributed by atoms with Gasteiger partial charge >= 0.3 is 0 Å². The van der Waals surface area contributed by atoms with Crippen LogP contribution in [0.1, 0.15) is 33.6 Å². The number of likely N-dealkylation sites (N-methyl/N-ethyl adjacent to an activating group) is 1. The minimum Gasteiger partial charge on any atom is -0.341 e. The summed E-state index contributed by atoms with van der Waals surface area (Å²) in [5.41, 5.74) is 0. The van der Waals surface area contributed by atoms with Gasteiger partial charge in [-0.05, 0) is 31.7 Å². The Kier molecular flexibility index (Phi) is 4.58. The van der Waals surface area contributed by atoms with Crippen LogP contribution in [0.2, 0.25) is 0 Å². The fourth-order valence-electron chi connectivity index (χ4n) is 2.33. The summed E-state index contributed by atoms with van der Waals surface area (Å²) in [5.74, 6) is 1.30. The molecule has 3 heteroatoms. The van der Waals surface area contributed by atoms with Gasteiger partial charge in [0.25, 0.3) is 0 Å². The number of rotatable bonds is 3. The van der Waals surface area contributed by atoms with Gasteiger partial charge in [-0.1, -0.05) is 20.8 Å². The van der Waals surface area contributed by atoms with E-state index in [1.807, 2.05) is 11.9 Å². The Bertz CT molecular complexity index is 216. The second-order valence-electron chi connectivity index (χ2n) is 5.04. The van der Waals surface area contributed by atoms with Crippen molar-refractivity contribution in [1.82, 2.24) is 10.2 Å². The molecule has 1 heterocycles. The van der Waals surface area contributed by atoms with E-state index in [2.05, 4.69) is 26.1 Å². The molecule has 1 aliphatic rings. The molecule has 0 aromatic carbocycles. The van der Waals surface area contributed by atoms with Crippen LogP contribution >= 0.6 is 0 Å². The number of carbonyl (C=O) groups is 1. The maximum absolute atomic E-state index is 12.2. The highest BCUT2D eigenvalue weighted by molar-refractivity contribution is 5.82. The van der Waals surface area contributed by atoms with Crippen molar-refractivity contribution in [2.24, 2.45) is 11.8 Å². The van der Waals surface area contributed by atoms with Gasteiger partial charge in [-0.15, -0.1) is 0 Å². The monoisotopic (exact) mass is 212 g/mol. The van der Waals surface area contributed by atoms with Crippen molar-refractivity contribution in [3.8, 4) is 0 Å². The molecule has 1 N–H and O–H groups in total. The summed E-state index contributed by atoms with van der Waals surface area (Å²) in [4.78, 5) is 14.2. The molecule has 1 aliphatic heterocycles. The van der Waals surface area contributed by atoms with Gasteiger partial charge < -0.3 is 10.2 Å². The number of nitrogens with zero attached hydrogens (tertiary/aromatic N) is 1. The van der Waals surface area contributed by atoms with Gasteiger partial charge in [0.1, 0.15) is 0 Å². The summed E-state index contributed by atoms with van der Waals surface area (Å²) in [7, 11) is 1.87. The van der Waals surface area contributed by atoms with Crippen LogP contribution in [-0.4, -0.2) is 37.0 Å². The highest BCUT2D eigenvalue weighted by Gasteiger charge is 2.28. The molecule has 0 radical (unpaired) electrons. The van der Waals surface area contributed by atoms with Crippen molar-refractivity contribution in [3.05, 3.63) is 0 Å². The molecule has 1 rings (SSSR count). The molecule has 2 atom stereocenters. The number of hydrogen-bond donors (Lipinski definition) is 1. The topological polar surface area (TPSA) is 32.3 Å². The van der Waals surface area contributed by atoms with Gasteiger partial charge in [0.15, 0.2) is 0 Å². The van der Waals surface area contributed by atoms with Gasteiger partial charge in [0, 0.05) is 13.1 Å². The first-order chi connectivity index (χ1) is 7.06. The lowest BCUT2D eigenvalue weighted by molar-refractivity contribution is -0.136. The van der Waals surface area contributed by atoms with E-state index in [1.165, 1.54) is 6.42 Å². The van der Waals surface area contributed by atoms with E-state index in [4.69, 9.17) is 0 Å². The summed E-state index contributed by atoms with van der Waals surface area (Å²) >= 11 is 0. The molecule has 15 heavy (non-hydrogen) atoms. The molecule has 3 nitrogen and oxygen atoms in total. The lowest BCUT2D eigenvalue weighted by Gasteiger charge is -2.34. The van der Waals surface area contributed by atoms with Crippen LogP contribution in [0.25, 0.3) is 0 Å². The third kappa shape index (κ3) is 3.20. The quantitative estimate of drug-likeness (QED) is 0.768. The van der Waals surface area contributed by atoms with Crippen molar-refractivity contribution >= 4 is 5.91 Å². The van der Waals surface area contributed by atoms with Crippen molar-refractivity contribution < 1.29 is 4.79 Å². The highest BCUT2D eigenvalue weighted by atomic mass is 16.2. The van der Waals surface area contributed by atoms with Crippen LogP contribution in [0.5, 0.6) is 0 Å². The third-order valence-corrected chi connectivity index (χ3v) is 3.21. The second kappa shape index (κ2) is 5.50. The van der Waals surface area contributed by atoms with E-state index in [0.717, 1.165) is 19.5 Å². The van der Waals surface area contributed by atoms with E-state index in [-0.39, 0.29) is 11.9 Å². The maximum atomic E-state index is 12.2. The Morgan fingerprint density at radius 3 is 2.60 bits per heavy atom. The number of nitrogens with one attached hydrogen (secondary N) is 1. The number of likely N-dealkylation sites (tertiary alicyclic amines) is 1.